The molecule has 0 atom stereocenters. The van der Waals surface area contributed by atoms with E-state index < -0.39 is 0 Å². The maximum absolute atomic E-state index is 14.6. The van der Waals surface area contributed by atoms with Crippen LogP contribution < -0.4 is 9.80 Å². The van der Waals surface area contributed by atoms with Gasteiger partial charge in [0.2, 0.25) is 11.8 Å². The first-order valence-corrected chi connectivity index (χ1v) is 16.4. The Balaban J connectivity index is 1.31. The van der Waals surface area contributed by atoms with Gasteiger partial charge in [0.1, 0.15) is 0 Å². The maximum Gasteiger partial charge on any atom is 0.230 e. The molecule has 2 aromatic rings. The molecule has 0 aromatic heterocycles. The van der Waals surface area contributed by atoms with Crippen molar-refractivity contribution in [2.75, 3.05) is 9.80 Å². The zero-order valence-electron chi connectivity index (χ0n) is 24.1. The molecule has 212 valence electrons. The molecule has 0 radical (unpaired) electrons. The fourth-order valence-corrected chi connectivity index (χ4v) is 10.2. The van der Waals surface area contributed by atoms with Crippen LogP contribution in [-0.2, 0) is 9.59 Å². The average Bonchev–Trinajstić information content (AvgIpc) is 2.98. The van der Waals surface area contributed by atoms with Crippen molar-refractivity contribution >= 4 is 23.2 Å². The molecule has 0 heterocycles. The van der Waals surface area contributed by atoms with Crippen LogP contribution in [0.25, 0.3) is 0 Å². The van der Waals surface area contributed by atoms with Crippen LogP contribution in [-0.4, -0.2) is 22.9 Å². The summed E-state index contributed by atoms with van der Waals surface area (Å²) in [4.78, 5) is 33.8. The molecule has 6 fully saturated rings. The lowest BCUT2D eigenvalue weighted by molar-refractivity contribution is -0.130. The van der Waals surface area contributed by atoms with Gasteiger partial charge in [0.15, 0.2) is 0 Å². The minimum absolute atomic E-state index is 0.131. The normalized spacial score (nSPS) is 32.1. The summed E-state index contributed by atoms with van der Waals surface area (Å²) in [6.45, 7) is 0. The second-order valence-corrected chi connectivity index (χ2v) is 14.1. The van der Waals surface area contributed by atoms with Crippen LogP contribution in [0, 0.1) is 23.7 Å². The molecule has 40 heavy (non-hydrogen) atoms. The van der Waals surface area contributed by atoms with Crippen LogP contribution in [0.15, 0.2) is 60.7 Å². The minimum Gasteiger partial charge on any atom is -0.306 e. The summed E-state index contributed by atoms with van der Waals surface area (Å²) in [6, 6.07) is 21.1. The predicted molar refractivity (Wildman–Crippen MR) is 161 cm³/mol. The van der Waals surface area contributed by atoms with Crippen molar-refractivity contribution < 1.29 is 9.59 Å². The molecule has 2 amide bonds. The number of rotatable bonds is 6. The Morgan fingerprint density at radius 1 is 0.550 bits per heavy atom. The van der Waals surface area contributed by atoms with E-state index in [-0.39, 0.29) is 22.9 Å². The number of nitrogens with zero attached hydrogens (tertiary/aromatic N) is 2. The molecule has 2 aromatic carbocycles. The fourth-order valence-electron chi connectivity index (χ4n) is 10.2. The summed E-state index contributed by atoms with van der Waals surface area (Å²) in [7, 11) is 0. The van der Waals surface area contributed by atoms with Crippen LogP contribution in [0.3, 0.4) is 0 Å². The maximum atomic E-state index is 14.6. The van der Waals surface area contributed by atoms with E-state index >= 15 is 0 Å². The van der Waals surface area contributed by atoms with Crippen molar-refractivity contribution in [2.24, 2.45) is 23.7 Å². The van der Waals surface area contributed by atoms with Gasteiger partial charge < -0.3 is 9.80 Å². The largest absolute Gasteiger partial charge is 0.306 e. The monoisotopic (exact) mass is 538 g/mol. The highest BCUT2D eigenvalue weighted by Gasteiger charge is 2.64. The number of hydrogen-bond donors (Lipinski definition) is 0. The van der Waals surface area contributed by atoms with Gasteiger partial charge in [0, 0.05) is 23.2 Å². The van der Waals surface area contributed by atoms with Crippen molar-refractivity contribution in [1.29, 1.82) is 0 Å². The van der Waals surface area contributed by atoms with Crippen LogP contribution in [0.2, 0.25) is 0 Å². The summed E-state index contributed by atoms with van der Waals surface area (Å²) in [6.07, 6.45) is 17.7. The third-order valence-electron chi connectivity index (χ3n) is 11.3. The molecule has 0 saturated heterocycles. The topological polar surface area (TPSA) is 40.6 Å². The van der Waals surface area contributed by atoms with Gasteiger partial charge in [-0.25, -0.2) is 0 Å². The van der Waals surface area contributed by atoms with Gasteiger partial charge >= 0.3 is 0 Å². The van der Waals surface area contributed by atoms with Gasteiger partial charge in [-0.15, -0.1) is 0 Å². The molecule has 0 spiro atoms. The van der Waals surface area contributed by atoms with E-state index in [0.29, 0.717) is 23.7 Å². The molecule has 4 bridgehead atoms. The Morgan fingerprint density at radius 3 is 1.30 bits per heavy atom. The summed E-state index contributed by atoms with van der Waals surface area (Å²) < 4.78 is 0. The molecule has 6 saturated carbocycles. The number of benzene rings is 2. The lowest BCUT2D eigenvalue weighted by Gasteiger charge is -2.67. The van der Waals surface area contributed by atoms with Crippen molar-refractivity contribution in [3.8, 4) is 0 Å². The molecule has 6 aliphatic carbocycles. The molecule has 6 aliphatic rings. The molecule has 8 rings (SSSR count). The number of carbonyl (C=O) groups is 2. The van der Waals surface area contributed by atoms with E-state index in [4.69, 9.17) is 0 Å². The standard InChI is InChI=1S/C36H46N2O2/c39-33(29-13-5-1-6-14-29)37(31-17-9-3-10-18-31)35-22-27-21-28(23-35)25-36(24-27,26-35)38(32-19-11-4-12-20-32)34(40)30-15-7-2-8-16-30/h3-4,9-12,17-20,27-30H,1-2,5-8,13-16,21-26H2. The van der Waals surface area contributed by atoms with Crippen molar-refractivity contribution in [1.82, 2.24) is 0 Å². The molecule has 4 heteroatoms. The SMILES string of the molecule is O=C(C1CCCCC1)N(c1ccccc1)C12CC3CC(C1)CC(N(C(=O)C1CCCCC1)c1ccccc1)(C3)C2. The van der Waals surface area contributed by atoms with Crippen LogP contribution in [0.4, 0.5) is 11.4 Å². The number of anilines is 2. The first kappa shape index (κ1) is 26.3. The zero-order chi connectivity index (χ0) is 27.2. The quantitative estimate of drug-likeness (QED) is 0.371. The molecule has 0 unspecified atom stereocenters. The summed E-state index contributed by atoms with van der Waals surface area (Å²) in [5, 5.41) is 0. The van der Waals surface area contributed by atoms with Gasteiger partial charge in [-0.3, -0.25) is 9.59 Å². The summed E-state index contributed by atoms with van der Waals surface area (Å²) in [5.74, 6) is 2.11. The van der Waals surface area contributed by atoms with E-state index in [2.05, 4.69) is 70.5 Å². The van der Waals surface area contributed by atoms with Gasteiger partial charge in [0.25, 0.3) is 0 Å². The van der Waals surface area contributed by atoms with Crippen molar-refractivity contribution in [3.63, 3.8) is 0 Å². The second kappa shape index (κ2) is 10.7. The molecular formula is C36H46N2O2. The second-order valence-electron chi connectivity index (χ2n) is 14.1. The van der Waals surface area contributed by atoms with E-state index in [1.165, 1.54) is 44.9 Å². The highest BCUT2D eigenvalue weighted by molar-refractivity contribution is 5.98. The van der Waals surface area contributed by atoms with E-state index in [1.54, 1.807) is 0 Å². The van der Waals surface area contributed by atoms with E-state index in [9.17, 15) is 9.59 Å². The fraction of sp³-hybridized carbons (Fsp3) is 0.611. The number of carbonyl (C=O) groups excluding carboxylic acids is 2. The average molecular weight is 539 g/mol. The van der Waals surface area contributed by atoms with E-state index in [1.807, 2.05) is 0 Å². The molecular weight excluding hydrogens is 492 g/mol. The van der Waals surface area contributed by atoms with Crippen molar-refractivity contribution in [3.05, 3.63) is 60.7 Å². The minimum atomic E-state index is -0.208. The first-order valence-electron chi connectivity index (χ1n) is 16.4. The van der Waals surface area contributed by atoms with Crippen LogP contribution >= 0.6 is 0 Å². The molecule has 0 N–H and O–H groups in total. The van der Waals surface area contributed by atoms with Crippen molar-refractivity contribution in [2.45, 2.75) is 114 Å². The molecule has 4 nitrogen and oxygen atoms in total. The Bertz CT molecular complexity index is 1090. The van der Waals surface area contributed by atoms with Gasteiger partial charge in [-0.05, 0) is 100 Å². The predicted octanol–water partition coefficient (Wildman–Crippen LogP) is 8.30. The van der Waals surface area contributed by atoms with Gasteiger partial charge in [0.05, 0.1) is 11.1 Å². The Kier molecular flexibility index (Phi) is 7.00. The lowest BCUT2D eigenvalue weighted by Crippen LogP contribution is -2.72. The van der Waals surface area contributed by atoms with Crippen LogP contribution in [0.1, 0.15) is 103 Å². The highest BCUT2D eigenvalue weighted by Crippen LogP contribution is 2.63. The Labute approximate surface area is 240 Å². The van der Waals surface area contributed by atoms with Crippen LogP contribution in [0.5, 0.6) is 0 Å². The van der Waals surface area contributed by atoms with Gasteiger partial charge in [-0.1, -0.05) is 74.9 Å². The third-order valence-corrected chi connectivity index (χ3v) is 11.3. The van der Waals surface area contributed by atoms with E-state index in [0.717, 1.165) is 69.2 Å². The Hall–Kier alpha value is -2.62. The first-order chi connectivity index (χ1) is 19.6. The van der Waals surface area contributed by atoms with Gasteiger partial charge in [-0.2, -0.15) is 0 Å². The summed E-state index contributed by atoms with van der Waals surface area (Å²) in [5.41, 5.74) is 1.72. The Morgan fingerprint density at radius 2 is 0.925 bits per heavy atom. The highest BCUT2D eigenvalue weighted by atomic mass is 16.2. The lowest BCUT2D eigenvalue weighted by atomic mass is 9.48. The zero-order valence-corrected chi connectivity index (χ0v) is 24.1. The number of amides is 2. The summed E-state index contributed by atoms with van der Waals surface area (Å²) >= 11 is 0. The molecule has 0 aliphatic heterocycles. The number of para-hydroxylation sites is 2. The number of hydrogen-bond acceptors (Lipinski definition) is 2. The smallest absolute Gasteiger partial charge is 0.230 e. The third kappa shape index (κ3) is 4.60.